The van der Waals surface area contributed by atoms with Crippen LogP contribution in [0.4, 0.5) is 13.2 Å². The molecule has 0 spiro atoms. The summed E-state index contributed by atoms with van der Waals surface area (Å²) < 4.78 is 37.9. The number of carbonyl (C=O) groups excluding carboxylic acids is 2. The first kappa shape index (κ1) is 19.7. The second-order valence-corrected chi connectivity index (χ2v) is 5.26. The highest BCUT2D eigenvalue weighted by atomic mass is 19.4. The second kappa shape index (κ2) is 8.47. The zero-order chi connectivity index (χ0) is 18.3. The molecule has 1 atom stereocenters. The van der Waals surface area contributed by atoms with E-state index in [1.54, 1.807) is 6.92 Å². The molecule has 132 valence electrons. The maximum atomic E-state index is 12.6. The van der Waals surface area contributed by atoms with Crippen LogP contribution in [-0.4, -0.2) is 28.8 Å². The van der Waals surface area contributed by atoms with E-state index in [1.807, 2.05) is 0 Å². The van der Waals surface area contributed by atoms with Gasteiger partial charge in [-0.2, -0.15) is 13.2 Å². The summed E-state index contributed by atoms with van der Waals surface area (Å²) in [7, 11) is 0. The van der Waals surface area contributed by atoms with Crippen LogP contribution in [0.2, 0.25) is 0 Å². The van der Waals surface area contributed by atoms with Gasteiger partial charge in [0, 0.05) is 12.8 Å². The number of halogens is 3. The Bertz CT molecular complexity index is 614. The number of alkyl halides is 3. The Balaban J connectivity index is 2.69. The van der Waals surface area contributed by atoms with Gasteiger partial charge in [0.1, 0.15) is 11.8 Å². The standard InChI is InChI=1S/C16H18F3NO4/c1-2-12(21)6-7-13(15(23)24)20-14(22)9-10-4-3-5-11(8-10)16(17,18)19/h3-5,8,13H,2,6-7,9H2,1H3,(H,20,22)(H,23,24)/t13-/m1/s1. The fraction of sp³-hybridized carbons (Fsp3) is 0.438. The van der Waals surface area contributed by atoms with Crippen molar-refractivity contribution in [3.8, 4) is 0 Å². The molecule has 0 saturated carbocycles. The Labute approximate surface area is 136 Å². The molecule has 2 N–H and O–H groups in total. The van der Waals surface area contributed by atoms with Gasteiger partial charge in [0.2, 0.25) is 5.91 Å². The molecule has 8 heteroatoms. The molecule has 5 nitrogen and oxygen atoms in total. The molecular formula is C16H18F3NO4. The molecule has 0 bridgehead atoms. The van der Waals surface area contributed by atoms with Crippen LogP contribution in [0.25, 0.3) is 0 Å². The molecule has 1 aromatic carbocycles. The summed E-state index contributed by atoms with van der Waals surface area (Å²) in [5.74, 6) is -2.14. The predicted molar refractivity (Wildman–Crippen MR) is 79.2 cm³/mol. The van der Waals surface area contributed by atoms with Crippen molar-refractivity contribution in [2.45, 2.75) is 44.8 Å². The summed E-state index contributed by atoms with van der Waals surface area (Å²) in [6.07, 6.45) is -4.68. The fourth-order valence-electron chi connectivity index (χ4n) is 2.03. The molecule has 0 aliphatic carbocycles. The summed E-state index contributed by atoms with van der Waals surface area (Å²) in [4.78, 5) is 34.2. The van der Waals surface area contributed by atoms with E-state index in [2.05, 4.69) is 5.32 Å². The largest absolute Gasteiger partial charge is 0.480 e. The Morgan fingerprint density at radius 1 is 1.25 bits per heavy atom. The van der Waals surface area contributed by atoms with Crippen LogP contribution < -0.4 is 5.32 Å². The van der Waals surface area contributed by atoms with E-state index in [1.165, 1.54) is 12.1 Å². The SMILES string of the molecule is CCC(=O)CC[C@@H](NC(=O)Cc1cccc(C(F)(F)F)c1)C(=O)O. The van der Waals surface area contributed by atoms with Crippen molar-refractivity contribution in [1.29, 1.82) is 0 Å². The third kappa shape index (κ3) is 6.39. The number of benzene rings is 1. The Morgan fingerprint density at radius 2 is 1.92 bits per heavy atom. The second-order valence-electron chi connectivity index (χ2n) is 5.26. The maximum Gasteiger partial charge on any atom is 0.416 e. The van der Waals surface area contributed by atoms with Gasteiger partial charge in [-0.3, -0.25) is 9.59 Å². The van der Waals surface area contributed by atoms with Crippen LogP contribution in [0.1, 0.15) is 37.3 Å². The van der Waals surface area contributed by atoms with Crippen LogP contribution in [-0.2, 0) is 27.0 Å². The van der Waals surface area contributed by atoms with Gasteiger partial charge in [0.05, 0.1) is 12.0 Å². The lowest BCUT2D eigenvalue weighted by atomic mass is 10.1. The first-order valence-corrected chi connectivity index (χ1v) is 7.33. The normalized spacial score (nSPS) is 12.5. The molecule has 0 aliphatic rings. The number of aliphatic carboxylic acids is 1. The quantitative estimate of drug-likeness (QED) is 0.758. The van der Waals surface area contributed by atoms with Crippen molar-refractivity contribution in [3.63, 3.8) is 0 Å². The smallest absolute Gasteiger partial charge is 0.416 e. The minimum Gasteiger partial charge on any atom is -0.480 e. The summed E-state index contributed by atoms with van der Waals surface area (Å²) in [5, 5.41) is 11.3. The Morgan fingerprint density at radius 3 is 2.46 bits per heavy atom. The number of rotatable bonds is 8. The highest BCUT2D eigenvalue weighted by Gasteiger charge is 2.30. The average molecular weight is 345 g/mol. The monoisotopic (exact) mass is 345 g/mol. The van der Waals surface area contributed by atoms with E-state index in [-0.39, 0.29) is 37.0 Å². The summed E-state index contributed by atoms with van der Waals surface area (Å²) in [6, 6.07) is 3.01. The van der Waals surface area contributed by atoms with Gasteiger partial charge in [-0.05, 0) is 18.1 Å². The third-order valence-electron chi connectivity index (χ3n) is 3.36. The number of amides is 1. The first-order chi connectivity index (χ1) is 11.1. The average Bonchev–Trinajstić information content (AvgIpc) is 2.50. The number of nitrogens with one attached hydrogen (secondary N) is 1. The summed E-state index contributed by atoms with van der Waals surface area (Å²) in [5.41, 5.74) is -0.757. The number of hydrogen-bond donors (Lipinski definition) is 2. The molecule has 0 unspecified atom stereocenters. The van der Waals surface area contributed by atoms with Gasteiger partial charge < -0.3 is 10.4 Å². The van der Waals surface area contributed by atoms with Crippen LogP contribution in [0.5, 0.6) is 0 Å². The zero-order valence-electron chi connectivity index (χ0n) is 13.0. The highest BCUT2D eigenvalue weighted by molar-refractivity contribution is 5.85. The molecule has 1 aromatic rings. The predicted octanol–water partition coefficient (Wildman–Crippen LogP) is 2.58. The van der Waals surface area contributed by atoms with Gasteiger partial charge in [-0.1, -0.05) is 25.1 Å². The molecule has 0 heterocycles. The lowest BCUT2D eigenvalue weighted by Crippen LogP contribution is -2.41. The number of carboxylic acid groups (broad SMARTS) is 1. The van der Waals surface area contributed by atoms with Crippen molar-refractivity contribution in [3.05, 3.63) is 35.4 Å². The topological polar surface area (TPSA) is 83.5 Å². The van der Waals surface area contributed by atoms with E-state index in [0.717, 1.165) is 12.1 Å². The van der Waals surface area contributed by atoms with E-state index in [0.29, 0.717) is 0 Å². The van der Waals surface area contributed by atoms with Crippen molar-refractivity contribution in [2.75, 3.05) is 0 Å². The molecule has 0 aromatic heterocycles. The summed E-state index contributed by atoms with van der Waals surface area (Å²) in [6.45, 7) is 1.64. The Hall–Kier alpha value is -2.38. The lowest BCUT2D eigenvalue weighted by Gasteiger charge is -2.14. The molecule has 1 rings (SSSR count). The zero-order valence-corrected chi connectivity index (χ0v) is 13.0. The van der Waals surface area contributed by atoms with Gasteiger partial charge in [0.15, 0.2) is 0 Å². The van der Waals surface area contributed by atoms with Crippen LogP contribution in [0, 0.1) is 0 Å². The fourth-order valence-corrected chi connectivity index (χ4v) is 2.03. The molecule has 0 saturated heterocycles. The highest BCUT2D eigenvalue weighted by Crippen LogP contribution is 2.29. The van der Waals surface area contributed by atoms with E-state index < -0.39 is 29.7 Å². The van der Waals surface area contributed by atoms with E-state index >= 15 is 0 Å². The van der Waals surface area contributed by atoms with Crippen molar-refractivity contribution < 1.29 is 32.7 Å². The van der Waals surface area contributed by atoms with Crippen LogP contribution in [0.3, 0.4) is 0 Å². The first-order valence-electron chi connectivity index (χ1n) is 7.33. The molecule has 24 heavy (non-hydrogen) atoms. The number of hydrogen-bond acceptors (Lipinski definition) is 3. The number of ketones is 1. The van der Waals surface area contributed by atoms with Crippen LogP contribution >= 0.6 is 0 Å². The van der Waals surface area contributed by atoms with Crippen LogP contribution in [0.15, 0.2) is 24.3 Å². The maximum absolute atomic E-state index is 12.6. The molecule has 0 radical (unpaired) electrons. The van der Waals surface area contributed by atoms with Crippen molar-refractivity contribution in [1.82, 2.24) is 5.32 Å². The van der Waals surface area contributed by atoms with Gasteiger partial charge in [-0.15, -0.1) is 0 Å². The lowest BCUT2D eigenvalue weighted by molar-refractivity contribution is -0.142. The summed E-state index contributed by atoms with van der Waals surface area (Å²) >= 11 is 0. The van der Waals surface area contributed by atoms with E-state index in [9.17, 15) is 27.6 Å². The minimum atomic E-state index is -4.52. The molecule has 0 fully saturated rings. The molecule has 0 aliphatic heterocycles. The number of carboxylic acids is 1. The van der Waals surface area contributed by atoms with Gasteiger partial charge in [0.25, 0.3) is 0 Å². The molecular weight excluding hydrogens is 327 g/mol. The van der Waals surface area contributed by atoms with Gasteiger partial charge >= 0.3 is 12.1 Å². The Kier molecular flexibility index (Phi) is 6.94. The van der Waals surface area contributed by atoms with Crippen molar-refractivity contribution >= 4 is 17.7 Å². The van der Waals surface area contributed by atoms with Crippen molar-refractivity contribution in [2.24, 2.45) is 0 Å². The van der Waals surface area contributed by atoms with Gasteiger partial charge in [-0.25, -0.2) is 4.79 Å². The number of carbonyl (C=O) groups is 3. The number of Topliss-reactive ketones (excluding diaryl/α,β-unsaturated/α-hetero) is 1. The molecule has 1 amide bonds. The third-order valence-corrected chi connectivity index (χ3v) is 3.36. The van der Waals surface area contributed by atoms with E-state index in [4.69, 9.17) is 5.11 Å². The minimum absolute atomic E-state index is 0.0112.